The first kappa shape index (κ1) is 10.1. The summed E-state index contributed by atoms with van der Waals surface area (Å²) in [5.41, 5.74) is 7.61. The Morgan fingerprint density at radius 2 is 2.47 bits per heavy atom. The number of hydrogen-bond acceptors (Lipinski definition) is 3. The minimum atomic E-state index is -0.485. The highest BCUT2D eigenvalue weighted by Crippen LogP contribution is 2.33. The Kier molecular flexibility index (Phi) is 2.21. The van der Waals surface area contributed by atoms with E-state index in [1.807, 2.05) is 16.9 Å². The Bertz CT molecular complexity index is 542. The highest BCUT2D eigenvalue weighted by Gasteiger charge is 2.29. The van der Waals surface area contributed by atoms with Gasteiger partial charge in [-0.05, 0) is 25.3 Å². The van der Waals surface area contributed by atoms with Crippen LogP contribution in [0.5, 0.6) is 0 Å². The number of nitrogens with two attached hydrogens (primary N) is 1. The Labute approximate surface area is 97.8 Å². The van der Waals surface area contributed by atoms with Gasteiger partial charge in [0.15, 0.2) is 5.69 Å². The molecule has 6 heteroatoms. The SMILES string of the molecule is NC(=O)c1n[nH]c2c1C(n1cccn1)CCC2. The number of primary amides is 1. The lowest BCUT2D eigenvalue weighted by molar-refractivity contribution is 0.0993. The van der Waals surface area contributed by atoms with E-state index < -0.39 is 5.91 Å². The summed E-state index contributed by atoms with van der Waals surface area (Å²) in [4.78, 5) is 11.4. The molecule has 2 heterocycles. The Morgan fingerprint density at radius 1 is 1.59 bits per heavy atom. The van der Waals surface area contributed by atoms with Crippen LogP contribution >= 0.6 is 0 Å². The van der Waals surface area contributed by atoms with E-state index in [-0.39, 0.29) is 6.04 Å². The maximum atomic E-state index is 11.4. The summed E-state index contributed by atoms with van der Waals surface area (Å²) >= 11 is 0. The van der Waals surface area contributed by atoms with Crippen LogP contribution in [0.25, 0.3) is 0 Å². The third-order valence-corrected chi connectivity index (χ3v) is 3.20. The van der Waals surface area contributed by atoms with Crippen LogP contribution in [0.3, 0.4) is 0 Å². The summed E-state index contributed by atoms with van der Waals surface area (Å²) in [6.07, 6.45) is 6.55. The van der Waals surface area contributed by atoms with E-state index >= 15 is 0 Å². The van der Waals surface area contributed by atoms with Crippen LogP contribution in [0.2, 0.25) is 0 Å². The molecule has 0 fully saturated rings. The van der Waals surface area contributed by atoms with Crippen LogP contribution in [0.4, 0.5) is 0 Å². The lowest BCUT2D eigenvalue weighted by Crippen LogP contribution is -2.22. The first-order chi connectivity index (χ1) is 8.27. The van der Waals surface area contributed by atoms with Crippen LogP contribution in [0, 0.1) is 0 Å². The molecule has 2 aromatic rings. The van der Waals surface area contributed by atoms with Gasteiger partial charge < -0.3 is 5.73 Å². The number of H-pyrrole nitrogens is 1. The highest BCUT2D eigenvalue weighted by atomic mass is 16.1. The number of aromatic nitrogens is 4. The molecule has 0 radical (unpaired) electrons. The molecule has 0 aliphatic heterocycles. The van der Waals surface area contributed by atoms with Gasteiger partial charge in [-0.25, -0.2) is 0 Å². The van der Waals surface area contributed by atoms with Crippen molar-refractivity contribution in [3.05, 3.63) is 35.4 Å². The maximum absolute atomic E-state index is 11.4. The van der Waals surface area contributed by atoms with E-state index in [0.717, 1.165) is 30.5 Å². The second-order valence-corrected chi connectivity index (χ2v) is 4.22. The van der Waals surface area contributed by atoms with Crippen molar-refractivity contribution in [2.45, 2.75) is 25.3 Å². The number of rotatable bonds is 2. The van der Waals surface area contributed by atoms with Crippen molar-refractivity contribution in [3.8, 4) is 0 Å². The monoisotopic (exact) mass is 231 g/mol. The summed E-state index contributed by atoms with van der Waals surface area (Å²) in [6.45, 7) is 0. The summed E-state index contributed by atoms with van der Waals surface area (Å²) in [5.74, 6) is -0.485. The zero-order valence-corrected chi connectivity index (χ0v) is 9.26. The summed E-state index contributed by atoms with van der Waals surface area (Å²) in [7, 11) is 0. The first-order valence-electron chi connectivity index (χ1n) is 5.63. The minimum Gasteiger partial charge on any atom is -0.364 e. The molecule has 3 N–H and O–H groups in total. The lowest BCUT2D eigenvalue weighted by atomic mass is 9.91. The van der Waals surface area contributed by atoms with E-state index in [9.17, 15) is 4.79 Å². The average molecular weight is 231 g/mol. The molecule has 6 nitrogen and oxygen atoms in total. The van der Waals surface area contributed by atoms with Gasteiger partial charge in [0, 0.05) is 23.7 Å². The molecule has 0 saturated heterocycles. The van der Waals surface area contributed by atoms with E-state index in [2.05, 4.69) is 15.3 Å². The van der Waals surface area contributed by atoms with Gasteiger partial charge in [-0.15, -0.1) is 0 Å². The third-order valence-electron chi connectivity index (χ3n) is 3.20. The first-order valence-corrected chi connectivity index (χ1v) is 5.63. The molecule has 3 rings (SSSR count). The largest absolute Gasteiger partial charge is 0.364 e. The number of nitrogens with zero attached hydrogens (tertiary/aromatic N) is 3. The minimum absolute atomic E-state index is 0.0648. The van der Waals surface area contributed by atoms with Gasteiger partial charge in [0.1, 0.15) is 0 Å². The number of aromatic amines is 1. The zero-order valence-electron chi connectivity index (χ0n) is 9.26. The normalized spacial score (nSPS) is 18.9. The maximum Gasteiger partial charge on any atom is 0.269 e. The second-order valence-electron chi connectivity index (χ2n) is 4.22. The van der Waals surface area contributed by atoms with Gasteiger partial charge >= 0.3 is 0 Å². The summed E-state index contributed by atoms with van der Waals surface area (Å²) < 4.78 is 1.86. The van der Waals surface area contributed by atoms with Gasteiger partial charge in [0.25, 0.3) is 5.91 Å². The van der Waals surface area contributed by atoms with Crippen molar-refractivity contribution in [3.63, 3.8) is 0 Å². The average Bonchev–Trinajstić information content (AvgIpc) is 2.97. The van der Waals surface area contributed by atoms with Gasteiger partial charge in [-0.1, -0.05) is 0 Å². The molecule has 0 bridgehead atoms. The summed E-state index contributed by atoms with van der Waals surface area (Å²) in [5, 5.41) is 11.2. The number of carbonyl (C=O) groups excluding carboxylic acids is 1. The molecular weight excluding hydrogens is 218 g/mol. The topological polar surface area (TPSA) is 89.6 Å². The van der Waals surface area contributed by atoms with Crippen LogP contribution in [-0.2, 0) is 6.42 Å². The Balaban J connectivity index is 2.12. The van der Waals surface area contributed by atoms with Crippen LogP contribution in [0.15, 0.2) is 18.5 Å². The molecule has 1 unspecified atom stereocenters. The number of hydrogen-bond donors (Lipinski definition) is 2. The van der Waals surface area contributed by atoms with Crippen LogP contribution in [0.1, 0.15) is 40.6 Å². The molecule has 17 heavy (non-hydrogen) atoms. The molecule has 1 atom stereocenters. The predicted octanol–water partition coefficient (Wildman–Crippen LogP) is 0.631. The van der Waals surface area contributed by atoms with Crippen molar-refractivity contribution in [2.75, 3.05) is 0 Å². The van der Waals surface area contributed by atoms with Crippen LogP contribution in [-0.4, -0.2) is 25.9 Å². The van der Waals surface area contributed by atoms with E-state index in [1.165, 1.54) is 0 Å². The molecular formula is C11H13N5O. The standard InChI is InChI=1S/C11H13N5O/c12-11(17)10-9-7(14-15-10)3-1-4-8(9)16-6-2-5-13-16/h2,5-6,8H,1,3-4H2,(H2,12,17)(H,14,15). The highest BCUT2D eigenvalue weighted by molar-refractivity contribution is 5.92. The second kappa shape index (κ2) is 3.73. The molecule has 1 amide bonds. The van der Waals surface area contributed by atoms with Crippen molar-refractivity contribution in [1.29, 1.82) is 0 Å². The number of nitrogens with one attached hydrogen (secondary N) is 1. The molecule has 1 aliphatic rings. The molecule has 0 saturated carbocycles. The van der Waals surface area contributed by atoms with Crippen LogP contribution < -0.4 is 5.73 Å². The smallest absolute Gasteiger partial charge is 0.269 e. The Morgan fingerprint density at radius 3 is 3.18 bits per heavy atom. The van der Waals surface area contributed by atoms with E-state index in [0.29, 0.717) is 5.69 Å². The van der Waals surface area contributed by atoms with Crippen molar-refractivity contribution >= 4 is 5.91 Å². The quantitative estimate of drug-likeness (QED) is 0.794. The van der Waals surface area contributed by atoms with Gasteiger partial charge in [-0.2, -0.15) is 10.2 Å². The molecule has 2 aromatic heterocycles. The van der Waals surface area contributed by atoms with E-state index in [1.54, 1.807) is 6.20 Å². The number of aryl methyl sites for hydroxylation is 1. The fraction of sp³-hybridized carbons (Fsp3) is 0.364. The lowest BCUT2D eigenvalue weighted by Gasteiger charge is -2.23. The zero-order chi connectivity index (χ0) is 11.8. The number of fused-ring (bicyclic) bond motifs is 1. The van der Waals surface area contributed by atoms with Gasteiger partial charge in [0.05, 0.1) is 6.04 Å². The fourth-order valence-electron chi connectivity index (χ4n) is 2.47. The molecule has 88 valence electrons. The third kappa shape index (κ3) is 1.52. The Hall–Kier alpha value is -2.11. The molecule has 1 aliphatic carbocycles. The molecule has 0 aromatic carbocycles. The summed E-state index contributed by atoms with van der Waals surface area (Å²) in [6, 6.07) is 1.94. The predicted molar refractivity (Wildman–Crippen MR) is 60.4 cm³/mol. The van der Waals surface area contributed by atoms with E-state index in [4.69, 9.17) is 5.73 Å². The van der Waals surface area contributed by atoms with Crippen molar-refractivity contribution in [1.82, 2.24) is 20.0 Å². The van der Waals surface area contributed by atoms with Crippen molar-refractivity contribution in [2.24, 2.45) is 5.73 Å². The number of carbonyl (C=O) groups is 1. The van der Waals surface area contributed by atoms with Gasteiger partial charge in [0.2, 0.25) is 0 Å². The van der Waals surface area contributed by atoms with Gasteiger partial charge in [-0.3, -0.25) is 14.6 Å². The molecule has 0 spiro atoms. The number of amides is 1. The van der Waals surface area contributed by atoms with Crippen molar-refractivity contribution < 1.29 is 4.79 Å². The fourth-order valence-corrected chi connectivity index (χ4v) is 2.47.